The number of benzene rings is 1. The van der Waals surface area contributed by atoms with Gasteiger partial charge in [0.1, 0.15) is 6.29 Å². The average Bonchev–Trinajstić information content (AvgIpc) is 2.42. The van der Waals surface area contributed by atoms with E-state index in [0.29, 0.717) is 11.5 Å². The lowest BCUT2D eigenvalue weighted by molar-refractivity contribution is 0.112. The van der Waals surface area contributed by atoms with E-state index < -0.39 is 0 Å². The second-order valence-electron chi connectivity index (χ2n) is 2.90. The molecule has 0 aliphatic heterocycles. The third-order valence-corrected chi connectivity index (χ3v) is 2.08. The molecule has 1 aromatic heterocycles. The van der Waals surface area contributed by atoms with Gasteiger partial charge >= 0.3 is 0 Å². The van der Waals surface area contributed by atoms with E-state index >= 15 is 0 Å². The average molecular weight is 175 g/mol. The van der Waals surface area contributed by atoms with Crippen LogP contribution in [-0.2, 0) is 7.05 Å². The monoisotopic (exact) mass is 175 g/mol. The summed E-state index contributed by atoms with van der Waals surface area (Å²) in [6, 6.07) is 5.30. The lowest BCUT2D eigenvalue weighted by Gasteiger charge is -1.95. The number of hydrogen-bond donors (Lipinski definition) is 1. The first-order valence-electron chi connectivity index (χ1n) is 3.89. The van der Waals surface area contributed by atoms with Gasteiger partial charge in [-0.05, 0) is 18.2 Å². The minimum atomic E-state index is 0.457. The number of aldehydes is 1. The number of rotatable bonds is 1. The highest BCUT2D eigenvalue weighted by molar-refractivity contribution is 5.86. The van der Waals surface area contributed by atoms with Gasteiger partial charge in [-0.3, -0.25) is 4.79 Å². The number of imidazole rings is 1. The Morgan fingerprint density at radius 2 is 2.31 bits per heavy atom. The summed E-state index contributed by atoms with van der Waals surface area (Å²) in [5, 5.41) is 0. The van der Waals surface area contributed by atoms with E-state index in [0.717, 1.165) is 17.3 Å². The van der Waals surface area contributed by atoms with Gasteiger partial charge < -0.3 is 10.3 Å². The fourth-order valence-corrected chi connectivity index (χ4v) is 1.31. The van der Waals surface area contributed by atoms with Crippen molar-refractivity contribution in [3.63, 3.8) is 0 Å². The Bertz CT molecular complexity index is 473. The van der Waals surface area contributed by atoms with Crippen LogP contribution in [0.4, 0.5) is 5.95 Å². The molecule has 0 spiro atoms. The number of aryl methyl sites for hydroxylation is 1. The highest BCUT2D eigenvalue weighted by atomic mass is 16.1. The molecule has 2 rings (SSSR count). The summed E-state index contributed by atoms with van der Waals surface area (Å²) in [6.07, 6.45) is 0.796. The Labute approximate surface area is 75.0 Å². The molecule has 0 unspecified atom stereocenters. The van der Waals surface area contributed by atoms with E-state index in [-0.39, 0.29) is 0 Å². The summed E-state index contributed by atoms with van der Waals surface area (Å²) >= 11 is 0. The molecule has 0 radical (unpaired) electrons. The second kappa shape index (κ2) is 2.58. The highest BCUT2D eigenvalue weighted by Gasteiger charge is 2.04. The van der Waals surface area contributed by atoms with Crippen LogP contribution in [0, 0.1) is 0 Å². The predicted molar refractivity (Wildman–Crippen MR) is 50.5 cm³/mol. The molecule has 0 saturated heterocycles. The Morgan fingerprint density at radius 1 is 1.54 bits per heavy atom. The summed E-state index contributed by atoms with van der Waals surface area (Å²) in [5.41, 5.74) is 7.91. The van der Waals surface area contributed by atoms with Crippen LogP contribution in [0.3, 0.4) is 0 Å². The molecule has 13 heavy (non-hydrogen) atoms. The molecule has 4 nitrogen and oxygen atoms in total. The van der Waals surface area contributed by atoms with Gasteiger partial charge in [0.25, 0.3) is 0 Å². The molecule has 66 valence electrons. The van der Waals surface area contributed by atoms with E-state index in [1.54, 1.807) is 16.7 Å². The van der Waals surface area contributed by atoms with Crippen molar-refractivity contribution in [3.8, 4) is 0 Å². The van der Waals surface area contributed by atoms with Gasteiger partial charge in [-0.2, -0.15) is 0 Å². The van der Waals surface area contributed by atoms with Gasteiger partial charge in [0.2, 0.25) is 5.95 Å². The first-order valence-corrected chi connectivity index (χ1v) is 3.89. The van der Waals surface area contributed by atoms with E-state index in [2.05, 4.69) is 4.98 Å². The van der Waals surface area contributed by atoms with Gasteiger partial charge in [-0.25, -0.2) is 4.98 Å². The summed E-state index contributed by atoms with van der Waals surface area (Å²) in [7, 11) is 1.84. The van der Waals surface area contributed by atoms with Crippen LogP contribution in [0.1, 0.15) is 10.4 Å². The number of fused-ring (bicyclic) bond motifs is 1. The predicted octanol–water partition coefficient (Wildman–Crippen LogP) is 0.968. The summed E-state index contributed by atoms with van der Waals surface area (Å²) < 4.78 is 1.78. The number of nitrogens with zero attached hydrogens (tertiary/aromatic N) is 2. The van der Waals surface area contributed by atoms with Crippen molar-refractivity contribution in [2.75, 3.05) is 5.73 Å². The smallest absolute Gasteiger partial charge is 0.200 e. The van der Waals surface area contributed by atoms with Gasteiger partial charge in [-0.15, -0.1) is 0 Å². The third-order valence-electron chi connectivity index (χ3n) is 2.08. The minimum absolute atomic E-state index is 0.457. The molecule has 1 aromatic carbocycles. The number of nitrogens with two attached hydrogens (primary N) is 1. The van der Waals surface area contributed by atoms with Crippen LogP contribution < -0.4 is 5.73 Å². The lowest BCUT2D eigenvalue weighted by atomic mass is 10.2. The highest BCUT2D eigenvalue weighted by Crippen LogP contribution is 2.16. The van der Waals surface area contributed by atoms with Crippen LogP contribution in [0.25, 0.3) is 11.0 Å². The molecule has 2 N–H and O–H groups in total. The first kappa shape index (κ1) is 7.79. The van der Waals surface area contributed by atoms with E-state index in [1.165, 1.54) is 0 Å². The quantitative estimate of drug-likeness (QED) is 0.657. The van der Waals surface area contributed by atoms with Gasteiger partial charge in [-0.1, -0.05) is 0 Å². The maximum atomic E-state index is 10.5. The van der Waals surface area contributed by atoms with Crippen LogP contribution in [0.5, 0.6) is 0 Å². The van der Waals surface area contributed by atoms with Crippen molar-refractivity contribution in [1.82, 2.24) is 9.55 Å². The molecule has 1 heterocycles. The fraction of sp³-hybridized carbons (Fsp3) is 0.111. The molecule has 0 aliphatic carbocycles. The van der Waals surface area contributed by atoms with Crippen molar-refractivity contribution in [2.24, 2.45) is 7.05 Å². The molecule has 4 heteroatoms. The van der Waals surface area contributed by atoms with Crippen molar-refractivity contribution in [1.29, 1.82) is 0 Å². The van der Waals surface area contributed by atoms with Crippen LogP contribution >= 0.6 is 0 Å². The Kier molecular flexibility index (Phi) is 1.55. The van der Waals surface area contributed by atoms with E-state index in [4.69, 9.17) is 5.73 Å². The van der Waals surface area contributed by atoms with Crippen LogP contribution in [0.15, 0.2) is 18.2 Å². The SMILES string of the molecule is Cn1c(N)nc2cc(C=O)ccc21. The largest absolute Gasteiger partial charge is 0.369 e. The van der Waals surface area contributed by atoms with E-state index in [9.17, 15) is 4.79 Å². The van der Waals surface area contributed by atoms with Crippen LogP contribution in [-0.4, -0.2) is 15.8 Å². The zero-order valence-corrected chi connectivity index (χ0v) is 7.19. The molecule has 0 bridgehead atoms. The second-order valence-corrected chi connectivity index (χ2v) is 2.90. The molecule has 0 saturated carbocycles. The molecule has 0 fully saturated rings. The summed E-state index contributed by atoms with van der Waals surface area (Å²) in [5.74, 6) is 0.457. The lowest BCUT2D eigenvalue weighted by Crippen LogP contribution is -1.95. The first-order chi connectivity index (χ1) is 6.22. The maximum absolute atomic E-state index is 10.5. The summed E-state index contributed by atoms with van der Waals surface area (Å²) in [6.45, 7) is 0. The molecule has 2 aromatic rings. The molecular weight excluding hydrogens is 166 g/mol. The minimum Gasteiger partial charge on any atom is -0.369 e. The number of aromatic nitrogens is 2. The normalized spacial score (nSPS) is 10.5. The Balaban J connectivity index is 2.79. The maximum Gasteiger partial charge on any atom is 0.200 e. The number of nitrogen functional groups attached to an aromatic ring is 1. The topological polar surface area (TPSA) is 60.9 Å². The number of carbonyl (C=O) groups excluding carboxylic acids is 1. The molecule has 0 amide bonds. The van der Waals surface area contributed by atoms with Crippen molar-refractivity contribution in [3.05, 3.63) is 23.8 Å². The molecule has 0 atom stereocenters. The molecule has 0 aliphatic rings. The zero-order chi connectivity index (χ0) is 9.42. The van der Waals surface area contributed by atoms with Gasteiger partial charge in [0.15, 0.2) is 0 Å². The van der Waals surface area contributed by atoms with Gasteiger partial charge in [0, 0.05) is 12.6 Å². The van der Waals surface area contributed by atoms with Crippen molar-refractivity contribution >= 4 is 23.3 Å². The molecular formula is C9H9N3O. The third kappa shape index (κ3) is 1.07. The standard InChI is InChI=1S/C9H9N3O/c1-12-8-3-2-6(5-13)4-7(8)11-9(12)10/h2-5H,1H3,(H2,10,11). The number of carbonyl (C=O) groups is 1. The Hall–Kier alpha value is -1.84. The van der Waals surface area contributed by atoms with Crippen LogP contribution in [0.2, 0.25) is 0 Å². The van der Waals surface area contributed by atoms with E-state index in [1.807, 2.05) is 13.1 Å². The number of anilines is 1. The fourth-order valence-electron chi connectivity index (χ4n) is 1.31. The Morgan fingerprint density at radius 3 is 3.00 bits per heavy atom. The summed E-state index contributed by atoms with van der Waals surface area (Å²) in [4.78, 5) is 14.6. The van der Waals surface area contributed by atoms with Crippen molar-refractivity contribution < 1.29 is 4.79 Å². The van der Waals surface area contributed by atoms with Crippen molar-refractivity contribution in [2.45, 2.75) is 0 Å². The zero-order valence-electron chi connectivity index (χ0n) is 7.19. The van der Waals surface area contributed by atoms with Gasteiger partial charge in [0.05, 0.1) is 11.0 Å². The number of hydrogen-bond acceptors (Lipinski definition) is 3.